The molecule has 3 rings (SSSR count). The van der Waals surface area contributed by atoms with E-state index in [-0.39, 0.29) is 11.4 Å². The molecule has 0 aliphatic heterocycles. The van der Waals surface area contributed by atoms with Gasteiger partial charge in [0.25, 0.3) is 5.56 Å². The SMILES string of the molecule is CN(C)c1c2c(=O)[nH]c(O)cc2nn1-c1ccccc1. The van der Waals surface area contributed by atoms with E-state index in [1.54, 1.807) is 4.68 Å². The second kappa shape index (κ2) is 4.41. The maximum absolute atomic E-state index is 12.1. The first-order valence-corrected chi connectivity index (χ1v) is 6.15. The summed E-state index contributed by atoms with van der Waals surface area (Å²) < 4.78 is 1.69. The number of aromatic nitrogens is 3. The van der Waals surface area contributed by atoms with Crippen molar-refractivity contribution >= 4 is 16.7 Å². The van der Waals surface area contributed by atoms with Gasteiger partial charge in [0, 0.05) is 20.2 Å². The van der Waals surface area contributed by atoms with E-state index < -0.39 is 0 Å². The van der Waals surface area contributed by atoms with Gasteiger partial charge in [0.1, 0.15) is 16.7 Å². The lowest BCUT2D eigenvalue weighted by molar-refractivity contribution is 0.453. The number of pyridine rings is 1. The van der Waals surface area contributed by atoms with Gasteiger partial charge in [-0.05, 0) is 12.1 Å². The molecule has 102 valence electrons. The molecular weight excluding hydrogens is 256 g/mol. The normalized spacial score (nSPS) is 10.9. The molecule has 0 spiro atoms. The van der Waals surface area contributed by atoms with Crippen LogP contribution in [-0.2, 0) is 0 Å². The Morgan fingerprint density at radius 3 is 2.60 bits per heavy atom. The summed E-state index contributed by atoms with van der Waals surface area (Å²) in [6, 6.07) is 11.0. The Morgan fingerprint density at radius 1 is 1.25 bits per heavy atom. The van der Waals surface area contributed by atoms with Gasteiger partial charge in [-0.1, -0.05) is 18.2 Å². The first-order chi connectivity index (χ1) is 9.58. The van der Waals surface area contributed by atoms with Crippen LogP contribution < -0.4 is 10.5 Å². The van der Waals surface area contributed by atoms with Crippen molar-refractivity contribution in [2.75, 3.05) is 19.0 Å². The quantitative estimate of drug-likeness (QED) is 0.739. The predicted molar refractivity (Wildman–Crippen MR) is 77.7 cm³/mol. The number of para-hydroxylation sites is 1. The van der Waals surface area contributed by atoms with Crippen LogP contribution in [0.4, 0.5) is 5.82 Å². The average Bonchev–Trinajstić information content (AvgIpc) is 2.79. The average molecular weight is 270 g/mol. The van der Waals surface area contributed by atoms with E-state index in [2.05, 4.69) is 10.1 Å². The Morgan fingerprint density at radius 2 is 1.95 bits per heavy atom. The van der Waals surface area contributed by atoms with Gasteiger partial charge in [0.15, 0.2) is 5.88 Å². The molecule has 20 heavy (non-hydrogen) atoms. The number of aromatic hydroxyl groups is 1. The highest BCUT2D eigenvalue weighted by atomic mass is 16.3. The van der Waals surface area contributed by atoms with E-state index in [1.165, 1.54) is 6.07 Å². The molecule has 0 aliphatic carbocycles. The van der Waals surface area contributed by atoms with Crippen LogP contribution in [0.3, 0.4) is 0 Å². The Balaban J connectivity index is 2.41. The van der Waals surface area contributed by atoms with E-state index in [0.717, 1.165) is 5.69 Å². The van der Waals surface area contributed by atoms with Gasteiger partial charge in [-0.3, -0.25) is 9.78 Å². The first kappa shape index (κ1) is 12.3. The minimum atomic E-state index is -0.356. The smallest absolute Gasteiger partial charge is 0.264 e. The van der Waals surface area contributed by atoms with Gasteiger partial charge < -0.3 is 10.0 Å². The Kier molecular flexibility index (Phi) is 2.71. The highest BCUT2D eigenvalue weighted by Crippen LogP contribution is 2.26. The van der Waals surface area contributed by atoms with Crippen LogP contribution >= 0.6 is 0 Å². The van der Waals surface area contributed by atoms with Crippen molar-refractivity contribution in [2.24, 2.45) is 0 Å². The van der Waals surface area contributed by atoms with Crippen LogP contribution in [0, 0.1) is 0 Å². The summed E-state index contributed by atoms with van der Waals surface area (Å²) in [5.74, 6) is 0.484. The van der Waals surface area contributed by atoms with Crippen molar-refractivity contribution in [1.29, 1.82) is 0 Å². The van der Waals surface area contributed by atoms with Crippen molar-refractivity contribution in [3.8, 4) is 11.6 Å². The van der Waals surface area contributed by atoms with Crippen LogP contribution in [0.1, 0.15) is 0 Å². The lowest BCUT2D eigenvalue weighted by Gasteiger charge is -2.14. The molecule has 0 saturated heterocycles. The predicted octanol–water partition coefficient (Wildman–Crippen LogP) is 1.49. The van der Waals surface area contributed by atoms with Crippen LogP contribution in [-0.4, -0.2) is 34.0 Å². The van der Waals surface area contributed by atoms with Crippen LogP contribution in [0.2, 0.25) is 0 Å². The molecular formula is C14H14N4O2. The number of anilines is 1. The number of fused-ring (bicyclic) bond motifs is 1. The third-order valence-electron chi connectivity index (χ3n) is 3.05. The Hall–Kier alpha value is -2.76. The van der Waals surface area contributed by atoms with Gasteiger partial charge >= 0.3 is 0 Å². The summed E-state index contributed by atoms with van der Waals surface area (Å²) in [6.45, 7) is 0. The number of nitrogens with zero attached hydrogens (tertiary/aromatic N) is 3. The molecule has 1 aromatic carbocycles. The monoisotopic (exact) mass is 270 g/mol. The fraction of sp³-hybridized carbons (Fsp3) is 0.143. The standard InChI is InChI=1S/C14H14N4O2/c1-17(2)14-12-10(8-11(19)15-13(12)20)16-18(14)9-6-4-3-5-7-9/h3-8,19H,1-2H3,(H,15,20). The molecule has 6 nitrogen and oxygen atoms in total. The van der Waals surface area contributed by atoms with Gasteiger partial charge in [-0.15, -0.1) is 0 Å². The first-order valence-electron chi connectivity index (χ1n) is 6.15. The van der Waals surface area contributed by atoms with E-state index in [0.29, 0.717) is 16.7 Å². The number of benzene rings is 1. The number of rotatable bonds is 2. The van der Waals surface area contributed by atoms with E-state index in [4.69, 9.17) is 0 Å². The number of nitrogens with one attached hydrogen (secondary N) is 1. The summed E-state index contributed by atoms with van der Waals surface area (Å²) in [5.41, 5.74) is 0.955. The van der Waals surface area contributed by atoms with Crippen molar-refractivity contribution in [3.05, 3.63) is 46.8 Å². The Bertz CT molecular complexity index is 818. The zero-order chi connectivity index (χ0) is 14.3. The van der Waals surface area contributed by atoms with Crippen molar-refractivity contribution < 1.29 is 5.11 Å². The molecule has 2 heterocycles. The molecule has 2 N–H and O–H groups in total. The fourth-order valence-electron chi connectivity index (χ4n) is 2.25. The van der Waals surface area contributed by atoms with Gasteiger partial charge in [0.2, 0.25) is 0 Å². The molecule has 2 aromatic heterocycles. The number of aromatic amines is 1. The number of H-pyrrole nitrogens is 1. The van der Waals surface area contributed by atoms with Crippen LogP contribution in [0.15, 0.2) is 41.2 Å². The van der Waals surface area contributed by atoms with Gasteiger partial charge in [0.05, 0.1) is 5.69 Å². The fourth-order valence-corrected chi connectivity index (χ4v) is 2.25. The molecule has 0 saturated carbocycles. The maximum Gasteiger partial charge on any atom is 0.264 e. The summed E-state index contributed by atoms with van der Waals surface area (Å²) >= 11 is 0. The van der Waals surface area contributed by atoms with E-state index in [9.17, 15) is 9.90 Å². The summed E-state index contributed by atoms with van der Waals surface area (Å²) in [7, 11) is 3.70. The largest absolute Gasteiger partial charge is 0.494 e. The van der Waals surface area contributed by atoms with Crippen molar-refractivity contribution in [2.45, 2.75) is 0 Å². The zero-order valence-corrected chi connectivity index (χ0v) is 11.2. The molecule has 0 radical (unpaired) electrons. The molecule has 0 amide bonds. The van der Waals surface area contributed by atoms with Crippen LogP contribution in [0.25, 0.3) is 16.6 Å². The molecule has 0 unspecified atom stereocenters. The maximum atomic E-state index is 12.1. The minimum Gasteiger partial charge on any atom is -0.494 e. The number of hydrogen-bond donors (Lipinski definition) is 2. The summed E-state index contributed by atoms with van der Waals surface area (Å²) in [5, 5.41) is 14.4. The highest BCUT2D eigenvalue weighted by Gasteiger charge is 2.18. The van der Waals surface area contributed by atoms with Crippen LogP contribution in [0.5, 0.6) is 5.88 Å². The Labute approximate surface area is 114 Å². The topological polar surface area (TPSA) is 74.2 Å². The van der Waals surface area contributed by atoms with E-state index in [1.807, 2.05) is 49.3 Å². The molecule has 0 fully saturated rings. The lowest BCUT2D eigenvalue weighted by Crippen LogP contribution is -2.17. The zero-order valence-electron chi connectivity index (χ0n) is 11.2. The molecule has 6 heteroatoms. The summed E-state index contributed by atoms with van der Waals surface area (Å²) in [4.78, 5) is 16.3. The van der Waals surface area contributed by atoms with E-state index >= 15 is 0 Å². The number of hydrogen-bond acceptors (Lipinski definition) is 4. The second-order valence-electron chi connectivity index (χ2n) is 4.71. The van der Waals surface area contributed by atoms with Crippen molar-refractivity contribution in [1.82, 2.24) is 14.8 Å². The minimum absolute atomic E-state index is 0.189. The molecule has 0 atom stereocenters. The highest BCUT2D eigenvalue weighted by molar-refractivity contribution is 5.91. The molecule has 0 aliphatic rings. The second-order valence-corrected chi connectivity index (χ2v) is 4.71. The molecule has 3 aromatic rings. The third kappa shape index (κ3) is 1.82. The van der Waals surface area contributed by atoms with Gasteiger partial charge in [-0.25, -0.2) is 4.68 Å². The molecule has 0 bridgehead atoms. The van der Waals surface area contributed by atoms with Gasteiger partial charge in [-0.2, -0.15) is 5.10 Å². The van der Waals surface area contributed by atoms with Crippen molar-refractivity contribution in [3.63, 3.8) is 0 Å². The third-order valence-corrected chi connectivity index (χ3v) is 3.05. The lowest BCUT2D eigenvalue weighted by atomic mass is 10.3. The summed E-state index contributed by atoms with van der Waals surface area (Å²) in [6.07, 6.45) is 0.